The number of nitrogens with two attached hydrogens (primary N) is 1. The molecule has 0 aliphatic heterocycles. The Morgan fingerprint density at radius 1 is 1.03 bits per heavy atom. The highest BCUT2D eigenvalue weighted by Crippen LogP contribution is 2.37. The van der Waals surface area contributed by atoms with Crippen LogP contribution in [0.4, 0.5) is 10.3 Å². The number of fused-ring (bicyclic) bond motifs is 1. The molecule has 1 aliphatic rings. The molecule has 1 aromatic carbocycles. The lowest BCUT2D eigenvalue weighted by Gasteiger charge is -2.10. The van der Waals surface area contributed by atoms with Crippen molar-refractivity contribution < 1.29 is 4.39 Å². The SMILES string of the molecule is Nc1ncc(C#Cc2cncc(-n3cc4c(n3)[C@@H](c3cccc(F)c3)CC4)c2)cn1. The molecule has 0 unspecified atom stereocenters. The second kappa shape index (κ2) is 7.41. The summed E-state index contributed by atoms with van der Waals surface area (Å²) in [6, 6.07) is 8.69. The van der Waals surface area contributed by atoms with Crippen LogP contribution in [0, 0.1) is 17.7 Å². The molecule has 0 amide bonds. The Labute approximate surface area is 172 Å². The predicted octanol–water partition coefficient (Wildman–Crippen LogP) is 3.26. The second-order valence-corrected chi connectivity index (χ2v) is 7.14. The zero-order valence-corrected chi connectivity index (χ0v) is 16.0. The maximum absolute atomic E-state index is 13.7. The van der Waals surface area contributed by atoms with Gasteiger partial charge >= 0.3 is 0 Å². The summed E-state index contributed by atoms with van der Waals surface area (Å²) >= 11 is 0. The molecule has 3 aromatic heterocycles. The summed E-state index contributed by atoms with van der Waals surface area (Å²) in [5, 5.41) is 4.79. The molecular weight excluding hydrogens is 379 g/mol. The van der Waals surface area contributed by atoms with Crippen LogP contribution in [0.2, 0.25) is 0 Å². The molecular formula is C23H17FN6. The van der Waals surface area contributed by atoms with Crippen molar-refractivity contribution in [3.63, 3.8) is 0 Å². The molecule has 5 rings (SSSR count). The van der Waals surface area contributed by atoms with Gasteiger partial charge in [0, 0.05) is 36.3 Å². The van der Waals surface area contributed by atoms with Crippen molar-refractivity contribution >= 4 is 5.95 Å². The number of nitrogens with zero attached hydrogens (tertiary/aromatic N) is 5. The first kappa shape index (κ1) is 18.0. The first-order chi connectivity index (χ1) is 14.7. The minimum absolute atomic E-state index is 0.110. The lowest BCUT2D eigenvalue weighted by atomic mass is 9.97. The molecule has 30 heavy (non-hydrogen) atoms. The van der Waals surface area contributed by atoms with Gasteiger partial charge in [0.1, 0.15) is 5.82 Å². The van der Waals surface area contributed by atoms with Gasteiger partial charge in [-0.3, -0.25) is 4.98 Å². The Bertz CT molecular complexity index is 1280. The summed E-state index contributed by atoms with van der Waals surface area (Å²) in [4.78, 5) is 12.2. The van der Waals surface area contributed by atoms with Gasteiger partial charge in [0.25, 0.3) is 0 Å². The number of hydrogen-bond acceptors (Lipinski definition) is 5. The normalized spacial score (nSPS) is 14.8. The van der Waals surface area contributed by atoms with E-state index in [0.717, 1.165) is 35.3 Å². The molecule has 0 fully saturated rings. The summed E-state index contributed by atoms with van der Waals surface area (Å²) in [5.74, 6) is 6.17. The van der Waals surface area contributed by atoms with E-state index in [1.165, 1.54) is 11.6 Å². The molecule has 0 radical (unpaired) electrons. The first-order valence-electron chi connectivity index (χ1n) is 9.54. The van der Waals surface area contributed by atoms with Gasteiger partial charge in [0.15, 0.2) is 0 Å². The second-order valence-electron chi connectivity index (χ2n) is 7.14. The van der Waals surface area contributed by atoms with Crippen molar-refractivity contribution in [3.8, 4) is 17.5 Å². The molecule has 6 nitrogen and oxygen atoms in total. The van der Waals surface area contributed by atoms with E-state index in [4.69, 9.17) is 10.8 Å². The van der Waals surface area contributed by atoms with Crippen molar-refractivity contribution in [2.75, 3.05) is 5.73 Å². The van der Waals surface area contributed by atoms with Gasteiger partial charge in [-0.2, -0.15) is 5.10 Å². The van der Waals surface area contributed by atoms with Crippen LogP contribution in [0.1, 0.15) is 40.3 Å². The average Bonchev–Trinajstić information content (AvgIpc) is 3.35. The number of halogens is 1. The molecule has 0 saturated heterocycles. The Morgan fingerprint density at radius 2 is 1.87 bits per heavy atom. The van der Waals surface area contributed by atoms with Crippen LogP contribution in [-0.2, 0) is 6.42 Å². The zero-order valence-electron chi connectivity index (χ0n) is 16.0. The van der Waals surface area contributed by atoms with Gasteiger partial charge in [-0.15, -0.1) is 0 Å². The number of pyridine rings is 1. The van der Waals surface area contributed by atoms with Crippen molar-refractivity contribution in [2.24, 2.45) is 0 Å². The maximum atomic E-state index is 13.7. The minimum atomic E-state index is -0.220. The van der Waals surface area contributed by atoms with Gasteiger partial charge in [-0.1, -0.05) is 24.0 Å². The molecule has 7 heteroatoms. The van der Waals surface area contributed by atoms with Crippen LogP contribution in [0.3, 0.4) is 0 Å². The van der Waals surface area contributed by atoms with E-state index in [1.807, 2.05) is 23.0 Å². The van der Waals surface area contributed by atoms with Crippen molar-refractivity contribution in [3.05, 3.63) is 95.1 Å². The van der Waals surface area contributed by atoms with Gasteiger partial charge in [0.05, 0.1) is 23.1 Å². The third kappa shape index (κ3) is 3.51. The van der Waals surface area contributed by atoms with Gasteiger partial charge in [-0.25, -0.2) is 19.0 Å². The van der Waals surface area contributed by atoms with Crippen LogP contribution < -0.4 is 5.73 Å². The standard InChI is InChI=1S/C23H17FN6/c24-19-3-1-2-17(9-19)21-7-6-18-14-30(29-22(18)21)20-8-15(10-26-13-20)4-5-16-11-27-23(25)28-12-16/h1-3,8-14,21H,6-7H2,(H2,25,27,28)/t21-/m1/s1. The van der Waals surface area contributed by atoms with Crippen molar-refractivity contribution in [2.45, 2.75) is 18.8 Å². The molecule has 1 aliphatic carbocycles. The molecule has 3 heterocycles. The van der Waals surface area contributed by atoms with Crippen LogP contribution in [-0.4, -0.2) is 24.7 Å². The summed E-state index contributed by atoms with van der Waals surface area (Å²) in [6.07, 6.45) is 10.5. The summed E-state index contributed by atoms with van der Waals surface area (Å²) in [5.41, 5.74) is 10.9. The molecule has 0 spiro atoms. The van der Waals surface area contributed by atoms with E-state index in [9.17, 15) is 4.39 Å². The van der Waals surface area contributed by atoms with Gasteiger partial charge < -0.3 is 5.73 Å². The predicted molar refractivity (Wildman–Crippen MR) is 110 cm³/mol. The third-order valence-electron chi connectivity index (χ3n) is 5.12. The van der Waals surface area contributed by atoms with E-state index < -0.39 is 0 Å². The Balaban J connectivity index is 1.43. The number of anilines is 1. The minimum Gasteiger partial charge on any atom is -0.368 e. The fourth-order valence-corrected chi connectivity index (χ4v) is 3.69. The van der Waals surface area contributed by atoms with Crippen molar-refractivity contribution in [1.82, 2.24) is 24.7 Å². The lowest BCUT2D eigenvalue weighted by molar-refractivity contribution is 0.621. The van der Waals surface area contributed by atoms with E-state index in [1.54, 1.807) is 36.9 Å². The fourth-order valence-electron chi connectivity index (χ4n) is 3.69. The highest BCUT2D eigenvalue weighted by molar-refractivity contribution is 5.46. The Hall–Kier alpha value is -4.05. The number of aromatic nitrogens is 5. The number of hydrogen-bond donors (Lipinski definition) is 1. The zero-order chi connectivity index (χ0) is 20.5. The summed E-state index contributed by atoms with van der Waals surface area (Å²) in [7, 11) is 0. The quantitative estimate of drug-likeness (QED) is 0.526. The van der Waals surface area contributed by atoms with Crippen LogP contribution in [0.5, 0.6) is 0 Å². The first-order valence-corrected chi connectivity index (χ1v) is 9.54. The summed E-state index contributed by atoms with van der Waals surface area (Å²) in [6.45, 7) is 0. The maximum Gasteiger partial charge on any atom is 0.219 e. The molecule has 4 aromatic rings. The molecule has 0 bridgehead atoms. The van der Waals surface area contributed by atoms with Crippen LogP contribution >= 0.6 is 0 Å². The van der Waals surface area contributed by atoms with E-state index in [0.29, 0.717) is 5.56 Å². The van der Waals surface area contributed by atoms with E-state index in [-0.39, 0.29) is 17.7 Å². The van der Waals surface area contributed by atoms with Gasteiger partial charge in [-0.05, 0) is 42.2 Å². The van der Waals surface area contributed by atoms with Crippen LogP contribution in [0.15, 0.2) is 61.3 Å². The highest BCUT2D eigenvalue weighted by atomic mass is 19.1. The number of rotatable bonds is 2. The molecule has 146 valence electrons. The fraction of sp³-hybridized carbons (Fsp3) is 0.130. The van der Waals surface area contributed by atoms with Crippen LogP contribution in [0.25, 0.3) is 5.69 Å². The molecule has 1 atom stereocenters. The lowest BCUT2D eigenvalue weighted by Crippen LogP contribution is -2.02. The number of benzene rings is 1. The third-order valence-corrected chi connectivity index (χ3v) is 5.12. The molecule has 2 N–H and O–H groups in total. The molecule has 0 saturated carbocycles. The monoisotopic (exact) mass is 396 g/mol. The average molecular weight is 396 g/mol. The topological polar surface area (TPSA) is 82.5 Å². The van der Waals surface area contributed by atoms with Gasteiger partial charge in [0.2, 0.25) is 5.95 Å². The van der Waals surface area contributed by atoms with E-state index in [2.05, 4.69) is 26.8 Å². The number of aryl methyl sites for hydroxylation is 1. The largest absolute Gasteiger partial charge is 0.368 e. The smallest absolute Gasteiger partial charge is 0.219 e. The van der Waals surface area contributed by atoms with E-state index >= 15 is 0 Å². The van der Waals surface area contributed by atoms with Crippen molar-refractivity contribution in [1.29, 1.82) is 0 Å². The Morgan fingerprint density at radius 3 is 2.70 bits per heavy atom. The highest BCUT2D eigenvalue weighted by Gasteiger charge is 2.28. The number of nitrogen functional groups attached to an aromatic ring is 1. The Kier molecular flexibility index (Phi) is 4.45. The summed E-state index contributed by atoms with van der Waals surface area (Å²) < 4.78 is 15.5.